The maximum atomic E-state index is 12.5. The largest absolute Gasteiger partial charge is 0.465 e. The molecule has 1 aromatic carbocycles. The lowest BCUT2D eigenvalue weighted by molar-refractivity contribution is 0.0399. The second-order valence-electron chi connectivity index (χ2n) is 8.84. The van der Waals surface area contributed by atoms with Gasteiger partial charge in [-0.25, -0.2) is 18.2 Å². The first-order chi connectivity index (χ1) is 16.1. The summed E-state index contributed by atoms with van der Waals surface area (Å²) in [6.07, 6.45) is 4.50. The average molecular weight is 490 g/mol. The van der Waals surface area contributed by atoms with Gasteiger partial charge in [0.1, 0.15) is 5.52 Å². The number of amides is 1. The second kappa shape index (κ2) is 8.94. The number of rotatable bonds is 7. The molecule has 1 saturated carbocycles. The molecule has 10 nitrogen and oxygen atoms in total. The molecular weight excluding hydrogens is 458 g/mol. The molecule has 0 aliphatic heterocycles. The van der Waals surface area contributed by atoms with Crippen molar-refractivity contribution in [1.82, 2.24) is 19.4 Å². The van der Waals surface area contributed by atoms with Gasteiger partial charge >= 0.3 is 6.09 Å². The molecule has 0 spiro atoms. The van der Waals surface area contributed by atoms with Crippen LogP contribution >= 0.6 is 0 Å². The average Bonchev–Trinajstić information content (AvgIpc) is 3.12. The number of pyridine rings is 1. The standard InChI is InChI=1S/C23H31N5O5S/c1-4-28(22(29)30)23(12-7-6-8-13-23)14-27-19-15-10-9-11-16(34(3,31)32)17(15)25-20(24)18(19)26-21(27)33-5-2/h9-11H,4-8,12-14H2,1-3H3,(H2,24,25)(H,29,30). The lowest BCUT2D eigenvalue weighted by Crippen LogP contribution is -2.55. The molecule has 4 rings (SSSR count). The number of nitrogens with zero attached hydrogens (tertiary/aromatic N) is 4. The summed E-state index contributed by atoms with van der Waals surface area (Å²) >= 11 is 0. The molecule has 184 valence electrons. The van der Waals surface area contributed by atoms with Gasteiger partial charge < -0.3 is 20.5 Å². The van der Waals surface area contributed by atoms with Crippen molar-refractivity contribution in [2.45, 2.75) is 62.9 Å². The van der Waals surface area contributed by atoms with Crippen molar-refractivity contribution < 1.29 is 23.1 Å². The smallest absolute Gasteiger partial charge is 0.407 e. The zero-order chi connectivity index (χ0) is 24.7. The number of fused-ring (bicyclic) bond motifs is 3. The van der Waals surface area contributed by atoms with Crippen molar-refractivity contribution in [2.24, 2.45) is 0 Å². The number of anilines is 1. The van der Waals surface area contributed by atoms with Gasteiger partial charge in [0.05, 0.1) is 34.6 Å². The lowest BCUT2D eigenvalue weighted by atomic mass is 9.80. The van der Waals surface area contributed by atoms with E-state index in [1.54, 1.807) is 12.1 Å². The lowest BCUT2D eigenvalue weighted by Gasteiger charge is -2.45. The number of imidazole rings is 1. The molecule has 0 bridgehead atoms. The summed E-state index contributed by atoms with van der Waals surface area (Å²) in [6, 6.07) is 5.27. The van der Waals surface area contributed by atoms with E-state index in [2.05, 4.69) is 9.97 Å². The van der Waals surface area contributed by atoms with Crippen LogP contribution in [0.15, 0.2) is 23.1 Å². The molecule has 0 atom stereocenters. The highest BCUT2D eigenvalue weighted by Crippen LogP contribution is 2.40. The van der Waals surface area contributed by atoms with Gasteiger partial charge in [0.25, 0.3) is 6.01 Å². The maximum absolute atomic E-state index is 12.5. The molecule has 34 heavy (non-hydrogen) atoms. The second-order valence-corrected chi connectivity index (χ2v) is 10.8. The van der Waals surface area contributed by atoms with E-state index < -0.39 is 21.5 Å². The molecule has 1 aliphatic carbocycles. The number of likely N-dealkylation sites (N-methyl/N-ethyl adjacent to an activating group) is 1. The van der Waals surface area contributed by atoms with Gasteiger partial charge in [0, 0.05) is 18.2 Å². The first-order valence-corrected chi connectivity index (χ1v) is 13.4. The Bertz CT molecular complexity index is 1350. The van der Waals surface area contributed by atoms with E-state index in [0.717, 1.165) is 25.5 Å². The van der Waals surface area contributed by atoms with Gasteiger partial charge in [-0.15, -0.1) is 0 Å². The van der Waals surface area contributed by atoms with Crippen molar-refractivity contribution >= 4 is 43.7 Å². The minimum absolute atomic E-state index is 0.0809. The summed E-state index contributed by atoms with van der Waals surface area (Å²) in [7, 11) is -3.56. The van der Waals surface area contributed by atoms with Crippen LogP contribution in [0.4, 0.5) is 10.6 Å². The number of carboxylic acid groups (broad SMARTS) is 1. The molecule has 3 N–H and O–H groups in total. The van der Waals surface area contributed by atoms with Crippen molar-refractivity contribution in [3.63, 3.8) is 0 Å². The minimum Gasteiger partial charge on any atom is -0.465 e. The molecule has 0 radical (unpaired) electrons. The van der Waals surface area contributed by atoms with E-state index >= 15 is 0 Å². The van der Waals surface area contributed by atoms with Gasteiger partial charge in [-0.05, 0) is 32.8 Å². The van der Waals surface area contributed by atoms with Crippen LogP contribution in [0.25, 0.3) is 21.9 Å². The Labute approximate surface area is 198 Å². The number of carbonyl (C=O) groups is 1. The van der Waals surface area contributed by atoms with E-state index in [1.165, 1.54) is 11.0 Å². The predicted octanol–water partition coefficient (Wildman–Crippen LogP) is 3.67. The molecule has 0 saturated heterocycles. The number of nitrogens with two attached hydrogens (primary N) is 1. The zero-order valence-electron chi connectivity index (χ0n) is 19.7. The van der Waals surface area contributed by atoms with Crippen molar-refractivity contribution in [2.75, 3.05) is 25.1 Å². The Morgan fingerprint density at radius 1 is 1.21 bits per heavy atom. The van der Waals surface area contributed by atoms with Crippen LogP contribution in [0.5, 0.6) is 6.01 Å². The summed E-state index contributed by atoms with van der Waals surface area (Å²) in [5.41, 5.74) is 6.90. The predicted molar refractivity (Wildman–Crippen MR) is 130 cm³/mol. The summed E-state index contributed by atoms with van der Waals surface area (Å²) in [5.74, 6) is 0.0987. The third kappa shape index (κ3) is 4.02. The molecule has 1 fully saturated rings. The highest BCUT2D eigenvalue weighted by molar-refractivity contribution is 7.91. The van der Waals surface area contributed by atoms with Crippen molar-refractivity contribution in [3.05, 3.63) is 18.2 Å². The van der Waals surface area contributed by atoms with E-state index in [9.17, 15) is 18.3 Å². The fraction of sp³-hybridized carbons (Fsp3) is 0.522. The number of benzene rings is 1. The highest BCUT2D eigenvalue weighted by atomic mass is 32.2. The van der Waals surface area contributed by atoms with Gasteiger partial charge in [-0.1, -0.05) is 31.4 Å². The van der Waals surface area contributed by atoms with Crippen LogP contribution in [0, 0.1) is 0 Å². The monoisotopic (exact) mass is 489 g/mol. The van der Waals surface area contributed by atoms with Crippen LogP contribution < -0.4 is 10.5 Å². The molecule has 11 heteroatoms. The Morgan fingerprint density at radius 3 is 2.50 bits per heavy atom. The van der Waals surface area contributed by atoms with Gasteiger partial charge in [0.2, 0.25) is 0 Å². The summed E-state index contributed by atoms with van der Waals surface area (Å²) in [6.45, 7) is 4.72. The first kappa shape index (κ1) is 24.1. The number of para-hydroxylation sites is 1. The number of hydrogen-bond donors (Lipinski definition) is 2. The molecule has 2 aromatic heterocycles. The third-order valence-corrected chi connectivity index (χ3v) is 7.82. The molecular formula is C23H31N5O5S. The fourth-order valence-corrected chi connectivity index (χ4v) is 6.10. The van der Waals surface area contributed by atoms with Gasteiger partial charge in [-0.2, -0.15) is 4.98 Å². The maximum Gasteiger partial charge on any atom is 0.407 e. The van der Waals surface area contributed by atoms with Gasteiger partial charge in [0.15, 0.2) is 15.7 Å². The van der Waals surface area contributed by atoms with Crippen molar-refractivity contribution in [3.8, 4) is 6.01 Å². The van der Waals surface area contributed by atoms with Crippen LogP contribution in [-0.2, 0) is 16.4 Å². The van der Waals surface area contributed by atoms with Crippen molar-refractivity contribution in [1.29, 1.82) is 0 Å². The normalized spacial score (nSPS) is 16.1. The SMILES string of the molecule is CCOc1nc2c(N)nc3c(S(C)(=O)=O)cccc3c2n1CC1(N(CC)C(=O)O)CCCCC1. The quantitative estimate of drug-likeness (QED) is 0.512. The number of ether oxygens (including phenoxy) is 1. The minimum atomic E-state index is -3.56. The van der Waals surface area contributed by atoms with Crippen LogP contribution in [-0.4, -0.2) is 64.0 Å². The molecule has 3 aromatic rings. The molecule has 1 aliphatic rings. The summed E-state index contributed by atoms with van der Waals surface area (Å²) in [5, 5.41) is 10.6. The Hall–Kier alpha value is -3.08. The van der Waals surface area contributed by atoms with Crippen LogP contribution in [0.2, 0.25) is 0 Å². The third-order valence-electron chi connectivity index (χ3n) is 6.69. The Balaban J connectivity index is 2.04. The van der Waals surface area contributed by atoms with E-state index in [0.29, 0.717) is 55.0 Å². The first-order valence-electron chi connectivity index (χ1n) is 11.5. The molecule has 1 amide bonds. The number of sulfone groups is 1. The summed E-state index contributed by atoms with van der Waals surface area (Å²) < 4.78 is 32.6. The van der Waals surface area contributed by atoms with E-state index in [1.807, 2.05) is 18.4 Å². The molecule has 0 unspecified atom stereocenters. The number of nitrogen functional groups attached to an aromatic ring is 1. The van der Waals surface area contributed by atoms with Crippen LogP contribution in [0.1, 0.15) is 46.0 Å². The van der Waals surface area contributed by atoms with Gasteiger partial charge in [-0.3, -0.25) is 4.57 Å². The molecule has 2 heterocycles. The summed E-state index contributed by atoms with van der Waals surface area (Å²) in [4.78, 5) is 22.8. The van der Waals surface area contributed by atoms with Crippen LogP contribution in [0.3, 0.4) is 0 Å². The Morgan fingerprint density at radius 2 is 1.91 bits per heavy atom. The van der Waals surface area contributed by atoms with E-state index in [4.69, 9.17) is 10.5 Å². The number of hydrogen-bond acceptors (Lipinski definition) is 7. The Kier molecular flexibility index (Phi) is 6.32. The highest BCUT2D eigenvalue weighted by Gasteiger charge is 2.41. The number of aromatic nitrogens is 3. The fourth-order valence-electron chi connectivity index (χ4n) is 5.26. The zero-order valence-corrected chi connectivity index (χ0v) is 20.6. The van der Waals surface area contributed by atoms with E-state index in [-0.39, 0.29) is 16.2 Å². The topological polar surface area (TPSA) is 141 Å².